The molecule has 0 aliphatic heterocycles. The largest absolute Gasteiger partial charge is 0.479 e. The van der Waals surface area contributed by atoms with Crippen LogP contribution in [-0.2, 0) is 14.3 Å². The maximum atomic E-state index is 11.0. The zero-order valence-electron chi connectivity index (χ0n) is 9.87. The highest BCUT2D eigenvalue weighted by Gasteiger charge is 2.23. The Morgan fingerprint density at radius 1 is 1.33 bits per heavy atom. The summed E-state index contributed by atoms with van der Waals surface area (Å²) in [6.45, 7) is 7.71. The molecule has 0 saturated carbocycles. The molecular weight excluding hydrogens is 196 g/mol. The van der Waals surface area contributed by atoms with Crippen LogP contribution in [-0.4, -0.2) is 23.1 Å². The van der Waals surface area contributed by atoms with E-state index in [1.807, 2.05) is 20.8 Å². The summed E-state index contributed by atoms with van der Waals surface area (Å²) in [7, 11) is 0. The molecule has 4 heteroatoms. The molecule has 0 aromatic heterocycles. The molecule has 1 atom stereocenters. The van der Waals surface area contributed by atoms with Crippen LogP contribution in [0.1, 0.15) is 47.0 Å². The van der Waals surface area contributed by atoms with Crippen molar-refractivity contribution in [3.8, 4) is 0 Å². The third kappa shape index (κ3) is 6.94. The van der Waals surface area contributed by atoms with Gasteiger partial charge in [0.2, 0.25) is 0 Å². The summed E-state index contributed by atoms with van der Waals surface area (Å²) in [5.41, 5.74) is 0.0479. The first-order valence-electron chi connectivity index (χ1n) is 5.18. The highest BCUT2D eigenvalue weighted by Crippen LogP contribution is 2.22. The van der Waals surface area contributed by atoms with E-state index in [1.54, 1.807) is 6.92 Å². The van der Waals surface area contributed by atoms with Gasteiger partial charge >= 0.3 is 11.9 Å². The molecule has 0 spiro atoms. The van der Waals surface area contributed by atoms with Crippen LogP contribution < -0.4 is 0 Å². The Hall–Kier alpha value is -1.06. The van der Waals surface area contributed by atoms with Gasteiger partial charge in [0.15, 0.2) is 6.10 Å². The van der Waals surface area contributed by atoms with E-state index < -0.39 is 18.0 Å². The third-order valence-corrected chi connectivity index (χ3v) is 1.99. The van der Waals surface area contributed by atoms with Crippen molar-refractivity contribution in [1.82, 2.24) is 0 Å². The molecule has 15 heavy (non-hydrogen) atoms. The minimum atomic E-state index is -1.07. The number of carbonyl (C=O) groups excluding carboxylic acids is 1. The van der Waals surface area contributed by atoms with Gasteiger partial charge in [-0.15, -0.1) is 0 Å². The Labute approximate surface area is 90.6 Å². The summed E-state index contributed by atoms with van der Waals surface area (Å²) >= 11 is 0. The van der Waals surface area contributed by atoms with Crippen LogP contribution >= 0.6 is 0 Å². The van der Waals surface area contributed by atoms with E-state index in [1.165, 1.54) is 0 Å². The summed E-state index contributed by atoms with van der Waals surface area (Å²) in [6, 6.07) is 0. The number of carboxylic acids is 1. The van der Waals surface area contributed by atoms with E-state index >= 15 is 0 Å². The van der Waals surface area contributed by atoms with Gasteiger partial charge in [-0.25, -0.2) is 4.79 Å². The Morgan fingerprint density at radius 2 is 1.87 bits per heavy atom. The lowest BCUT2D eigenvalue weighted by molar-refractivity contribution is -0.164. The zero-order chi connectivity index (χ0) is 12.1. The number of hydrogen-bond donors (Lipinski definition) is 1. The SMILES string of the molecule is CCC(=O)OC(CCC(C)(C)C)C(=O)O. The van der Waals surface area contributed by atoms with E-state index in [0.29, 0.717) is 12.8 Å². The number of carboxylic acid groups (broad SMARTS) is 1. The van der Waals surface area contributed by atoms with Crippen LogP contribution in [0.25, 0.3) is 0 Å². The summed E-state index contributed by atoms with van der Waals surface area (Å²) in [6.07, 6.45) is 0.279. The monoisotopic (exact) mass is 216 g/mol. The second-order valence-corrected chi connectivity index (χ2v) is 4.77. The van der Waals surface area contributed by atoms with Gasteiger partial charge < -0.3 is 9.84 Å². The van der Waals surface area contributed by atoms with Crippen LogP contribution in [0.2, 0.25) is 0 Å². The molecule has 88 valence electrons. The molecule has 0 amide bonds. The predicted molar refractivity (Wildman–Crippen MR) is 56.5 cm³/mol. The van der Waals surface area contributed by atoms with Gasteiger partial charge in [-0.3, -0.25) is 4.79 Å². The van der Waals surface area contributed by atoms with Gasteiger partial charge in [-0.2, -0.15) is 0 Å². The molecule has 0 aliphatic carbocycles. The molecule has 4 nitrogen and oxygen atoms in total. The topological polar surface area (TPSA) is 63.6 Å². The standard InChI is InChI=1S/C11H20O4/c1-5-9(12)15-8(10(13)14)6-7-11(2,3)4/h8H,5-7H2,1-4H3,(H,13,14). The Bertz CT molecular complexity index is 227. The lowest BCUT2D eigenvalue weighted by Gasteiger charge is -2.20. The van der Waals surface area contributed by atoms with Gasteiger partial charge in [-0.1, -0.05) is 27.7 Å². The van der Waals surface area contributed by atoms with Gasteiger partial charge in [0, 0.05) is 6.42 Å². The Kier molecular flexibility index (Phi) is 5.33. The third-order valence-electron chi connectivity index (χ3n) is 1.99. The van der Waals surface area contributed by atoms with Crippen molar-refractivity contribution in [2.24, 2.45) is 5.41 Å². The van der Waals surface area contributed by atoms with E-state index in [4.69, 9.17) is 9.84 Å². The second kappa shape index (κ2) is 5.73. The van der Waals surface area contributed by atoms with Crippen molar-refractivity contribution in [1.29, 1.82) is 0 Å². The summed E-state index contributed by atoms with van der Waals surface area (Å²) < 4.78 is 4.82. The van der Waals surface area contributed by atoms with Crippen LogP contribution in [0.15, 0.2) is 0 Å². The van der Waals surface area contributed by atoms with Crippen molar-refractivity contribution < 1.29 is 19.4 Å². The quantitative estimate of drug-likeness (QED) is 0.716. The first-order chi connectivity index (χ1) is 6.76. The molecular formula is C11H20O4. The summed E-state index contributed by atoms with van der Waals surface area (Å²) in [5, 5.41) is 8.84. The molecule has 0 aromatic carbocycles. The molecule has 0 aliphatic rings. The number of aliphatic carboxylic acids is 1. The second-order valence-electron chi connectivity index (χ2n) is 4.77. The first kappa shape index (κ1) is 13.9. The van der Waals surface area contributed by atoms with E-state index in [0.717, 1.165) is 0 Å². The smallest absolute Gasteiger partial charge is 0.345 e. The molecule has 0 fully saturated rings. The molecule has 0 rings (SSSR count). The van der Waals surface area contributed by atoms with E-state index in [-0.39, 0.29) is 11.8 Å². The number of esters is 1. The van der Waals surface area contributed by atoms with Gasteiger partial charge in [0.25, 0.3) is 0 Å². The summed E-state index contributed by atoms with van der Waals surface area (Å²) in [4.78, 5) is 21.8. The maximum absolute atomic E-state index is 11.0. The highest BCUT2D eigenvalue weighted by molar-refractivity contribution is 5.77. The zero-order valence-corrected chi connectivity index (χ0v) is 9.87. The molecule has 1 unspecified atom stereocenters. The maximum Gasteiger partial charge on any atom is 0.345 e. The Balaban J connectivity index is 4.18. The average Bonchev–Trinajstić information content (AvgIpc) is 2.09. The van der Waals surface area contributed by atoms with Crippen molar-refractivity contribution in [3.63, 3.8) is 0 Å². The number of hydrogen-bond acceptors (Lipinski definition) is 3. The molecule has 1 N–H and O–H groups in total. The van der Waals surface area contributed by atoms with Crippen molar-refractivity contribution in [2.75, 3.05) is 0 Å². The predicted octanol–water partition coefficient (Wildman–Crippen LogP) is 2.22. The normalized spacial score (nSPS) is 13.3. The fraction of sp³-hybridized carbons (Fsp3) is 0.818. The molecule has 0 aromatic rings. The fourth-order valence-corrected chi connectivity index (χ4v) is 1.04. The van der Waals surface area contributed by atoms with Crippen LogP contribution in [0, 0.1) is 5.41 Å². The van der Waals surface area contributed by atoms with Gasteiger partial charge in [0.1, 0.15) is 0 Å². The van der Waals surface area contributed by atoms with Crippen molar-refractivity contribution in [2.45, 2.75) is 53.1 Å². The first-order valence-corrected chi connectivity index (χ1v) is 5.18. The van der Waals surface area contributed by atoms with E-state index in [9.17, 15) is 9.59 Å². The highest BCUT2D eigenvalue weighted by atomic mass is 16.6. The minimum absolute atomic E-state index is 0.0479. The van der Waals surface area contributed by atoms with Crippen LogP contribution in [0.3, 0.4) is 0 Å². The fourth-order valence-electron chi connectivity index (χ4n) is 1.04. The number of carbonyl (C=O) groups is 2. The molecule has 0 radical (unpaired) electrons. The summed E-state index contributed by atoms with van der Waals surface area (Å²) in [5.74, 6) is -1.53. The van der Waals surface area contributed by atoms with Gasteiger partial charge in [-0.05, 0) is 18.3 Å². The van der Waals surface area contributed by atoms with Crippen molar-refractivity contribution in [3.05, 3.63) is 0 Å². The van der Waals surface area contributed by atoms with E-state index in [2.05, 4.69) is 0 Å². The lowest BCUT2D eigenvalue weighted by Crippen LogP contribution is -2.28. The van der Waals surface area contributed by atoms with Gasteiger partial charge in [0.05, 0.1) is 0 Å². The lowest BCUT2D eigenvalue weighted by atomic mass is 9.89. The number of ether oxygens (including phenoxy) is 1. The number of rotatable bonds is 5. The van der Waals surface area contributed by atoms with Crippen molar-refractivity contribution >= 4 is 11.9 Å². The molecule has 0 heterocycles. The average molecular weight is 216 g/mol. The molecule has 0 saturated heterocycles. The molecule has 0 bridgehead atoms. The Morgan fingerprint density at radius 3 is 2.20 bits per heavy atom. The minimum Gasteiger partial charge on any atom is -0.479 e. The van der Waals surface area contributed by atoms with Crippen LogP contribution in [0.5, 0.6) is 0 Å². The van der Waals surface area contributed by atoms with Crippen LogP contribution in [0.4, 0.5) is 0 Å².